The number of hydrogen-bond acceptors (Lipinski definition) is 3. The Labute approximate surface area is 164 Å². The maximum Gasteiger partial charge on any atom is 0.325 e. The fraction of sp³-hybridized carbons (Fsp3) is 0.348. The van der Waals surface area contributed by atoms with Gasteiger partial charge in [-0.05, 0) is 42.5 Å². The van der Waals surface area contributed by atoms with Gasteiger partial charge in [-0.3, -0.25) is 14.5 Å². The van der Waals surface area contributed by atoms with Crippen LogP contribution in [0.4, 0.5) is 4.79 Å². The lowest BCUT2D eigenvalue weighted by molar-refractivity contribution is -0.132. The molecule has 1 aliphatic heterocycles. The number of carbonyl (C=O) groups is 3. The van der Waals surface area contributed by atoms with E-state index in [4.69, 9.17) is 0 Å². The van der Waals surface area contributed by atoms with Crippen molar-refractivity contribution in [3.63, 3.8) is 0 Å². The van der Waals surface area contributed by atoms with Crippen molar-refractivity contribution in [3.8, 4) is 11.1 Å². The van der Waals surface area contributed by atoms with Gasteiger partial charge in [-0.2, -0.15) is 0 Å². The first-order valence-electron chi connectivity index (χ1n) is 9.84. The highest BCUT2D eigenvalue weighted by atomic mass is 16.2. The van der Waals surface area contributed by atoms with Gasteiger partial charge in [0.15, 0.2) is 5.78 Å². The number of urea groups is 1. The van der Waals surface area contributed by atoms with Crippen molar-refractivity contribution in [2.45, 2.75) is 44.6 Å². The first-order chi connectivity index (χ1) is 13.5. The van der Waals surface area contributed by atoms with E-state index in [-0.39, 0.29) is 18.2 Å². The Bertz CT molecular complexity index is 930. The maximum absolute atomic E-state index is 12.9. The molecular formula is C23H24N2O3. The topological polar surface area (TPSA) is 66.5 Å². The van der Waals surface area contributed by atoms with Gasteiger partial charge < -0.3 is 5.32 Å². The van der Waals surface area contributed by atoms with E-state index in [0.717, 1.165) is 40.9 Å². The lowest BCUT2D eigenvalue weighted by Gasteiger charge is -2.30. The normalized spacial score (nSPS) is 18.4. The van der Waals surface area contributed by atoms with Gasteiger partial charge in [0.25, 0.3) is 5.91 Å². The third-order valence-corrected chi connectivity index (χ3v) is 5.89. The minimum atomic E-state index is -0.789. The largest absolute Gasteiger partial charge is 0.325 e. The molecule has 0 bridgehead atoms. The standard InChI is InChI=1S/C23H24N2O3/c1-16-14-18(10-11-19(16)17-8-4-2-5-9-17)20(26)15-25-21(27)23(24-22(25)28)12-6-3-7-13-23/h2,4-5,8-11,14H,3,6-7,12-13,15H2,1H3,(H,24,28). The smallest absolute Gasteiger partial charge is 0.323 e. The number of Topliss-reactive ketones (excluding diaryl/α,β-unsaturated/α-hetero) is 1. The van der Waals surface area contributed by atoms with Gasteiger partial charge in [0.2, 0.25) is 0 Å². The van der Waals surface area contributed by atoms with Crippen molar-refractivity contribution in [2.75, 3.05) is 6.54 Å². The van der Waals surface area contributed by atoms with Gasteiger partial charge in [-0.25, -0.2) is 4.79 Å². The molecule has 5 nitrogen and oxygen atoms in total. The van der Waals surface area contributed by atoms with Crippen LogP contribution in [0.1, 0.15) is 48.0 Å². The molecule has 0 unspecified atom stereocenters. The number of nitrogens with one attached hydrogen (secondary N) is 1. The van der Waals surface area contributed by atoms with Crippen LogP contribution < -0.4 is 5.32 Å². The van der Waals surface area contributed by atoms with Crippen molar-refractivity contribution >= 4 is 17.7 Å². The molecule has 0 atom stereocenters. The molecule has 144 valence electrons. The van der Waals surface area contributed by atoms with Gasteiger partial charge >= 0.3 is 6.03 Å². The molecule has 5 heteroatoms. The molecule has 0 radical (unpaired) electrons. The predicted octanol–water partition coefficient (Wildman–Crippen LogP) is 4.10. The second-order valence-corrected chi connectivity index (χ2v) is 7.78. The zero-order chi connectivity index (χ0) is 19.7. The number of nitrogens with zero attached hydrogens (tertiary/aromatic N) is 1. The molecule has 2 fully saturated rings. The molecule has 1 spiro atoms. The van der Waals surface area contributed by atoms with Gasteiger partial charge in [-0.15, -0.1) is 0 Å². The average molecular weight is 376 g/mol. The summed E-state index contributed by atoms with van der Waals surface area (Å²) in [5.41, 5.74) is 2.86. The maximum atomic E-state index is 12.9. The Morgan fingerprint density at radius 2 is 1.75 bits per heavy atom. The molecule has 0 aromatic heterocycles. The van der Waals surface area contributed by atoms with Crippen molar-refractivity contribution < 1.29 is 14.4 Å². The molecule has 28 heavy (non-hydrogen) atoms. The van der Waals surface area contributed by atoms with Crippen LogP contribution in [0.25, 0.3) is 11.1 Å². The van der Waals surface area contributed by atoms with Gasteiger partial charge in [-0.1, -0.05) is 61.7 Å². The van der Waals surface area contributed by atoms with Crippen LogP contribution in [0, 0.1) is 6.92 Å². The molecule has 4 rings (SSSR count). The highest BCUT2D eigenvalue weighted by molar-refractivity contribution is 6.11. The molecule has 1 heterocycles. The molecule has 3 amide bonds. The molecule has 1 saturated carbocycles. The number of aryl methyl sites for hydroxylation is 1. The van der Waals surface area contributed by atoms with E-state index in [2.05, 4.69) is 5.32 Å². The molecule has 1 aliphatic carbocycles. The fourth-order valence-electron chi connectivity index (χ4n) is 4.33. The SMILES string of the molecule is Cc1cc(C(=O)CN2C(=O)NC3(CCCCC3)C2=O)ccc1-c1ccccc1. The fourth-order valence-corrected chi connectivity index (χ4v) is 4.33. The second kappa shape index (κ2) is 7.23. The Morgan fingerprint density at radius 3 is 2.43 bits per heavy atom. The molecule has 2 aliphatic rings. The lowest BCUT2D eigenvalue weighted by Crippen LogP contribution is -2.48. The summed E-state index contributed by atoms with van der Waals surface area (Å²) < 4.78 is 0. The van der Waals surface area contributed by atoms with Gasteiger partial charge in [0.05, 0.1) is 6.54 Å². The number of amides is 3. The van der Waals surface area contributed by atoms with Crippen LogP contribution in [0.15, 0.2) is 48.5 Å². The highest BCUT2D eigenvalue weighted by Crippen LogP contribution is 2.33. The minimum Gasteiger partial charge on any atom is -0.323 e. The Balaban J connectivity index is 1.52. The van der Waals surface area contributed by atoms with E-state index in [0.29, 0.717) is 18.4 Å². The number of hydrogen-bond donors (Lipinski definition) is 1. The summed E-state index contributed by atoms with van der Waals surface area (Å²) in [4.78, 5) is 39.1. The number of rotatable bonds is 4. The lowest BCUT2D eigenvalue weighted by atomic mass is 9.82. The number of carbonyl (C=O) groups excluding carboxylic acids is 3. The summed E-state index contributed by atoms with van der Waals surface area (Å²) in [6, 6.07) is 15.1. The van der Waals surface area contributed by atoms with Crippen molar-refractivity contribution in [1.82, 2.24) is 10.2 Å². The zero-order valence-corrected chi connectivity index (χ0v) is 16.0. The molecule has 1 saturated heterocycles. The first-order valence-corrected chi connectivity index (χ1v) is 9.84. The van der Waals surface area contributed by atoms with Gasteiger partial charge in [0, 0.05) is 5.56 Å². The van der Waals surface area contributed by atoms with E-state index < -0.39 is 11.6 Å². The van der Waals surface area contributed by atoms with Crippen LogP contribution in [0.5, 0.6) is 0 Å². The number of benzene rings is 2. The summed E-state index contributed by atoms with van der Waals surface area (Å²) in [7, 11) is 0. The Hall–Kier alpha value is -2.95. The molecule has 2 aromatic rings. The number of ketones is 1. The third-order valence-electron chi connectivity index (χ3n) is 5.89. The summed E-state index contributed by atoms with van der Waals surface area (Å²) in [5, 5.41) is 2.85. The van der Waals surface area contributed by atoms with Crippen LogP contribution in [-0.4, -0.2) is 34.7 Å². The van der Waals surface area contributed by atoms with E-state index in [1.54, 1.807) is 6.07 Å². The monoisotopic (exact) mass is 376 g/mol. The summed E-state index contributed by atoms with van der Waals surface area (Å²) >= 11 is 0. The van der Waals surface area contributed by atoms with Gasteiger partial charge in [0.1, 0.15) is 5.54 Å². The molecule has 1 N–H and O–H groups in total. The number of imide groups is 1. The third kappa shape index (κ3) is 3.21. The van der Waals surface area contributed by atoms with Crippen LogP contribution in [-0.2, 0) is 4.79 Å². The summed E-state index contributed by atoms with van der Waals surface area (Å²) in [5.74, 6) is -0.470. The van der Waals surface area contributed by atoms with Crippen LogP contribution in [0.2, 0.25) is 0 Å². The first kappa shape index (κ1) is 18.4. The summed E-state index contributed by atoms with van der Waals surface area (Å²) in [6.07, 6.45) is 4.25. The molecular weight excluding hydrogens is 352 g/mol. The van der Waals surface area contributed by atoms with Crippen molar-refractivity contribution in [3.05, 3.63) is 59.7 Å². The van der Waals surface area contributed by atoms with Crippen molar-refractivity contribution in [1.29, 1.82) is 0 Å². The van der Waals surface area contributed by atoms with Crippen molar-refractivity contribution in [2.24, 2.45) is 0 Å². The summed E-state index contributed by atoms with van der Waals surface area (Å²) in [6.45, 7) is 1.75. The van der Waals surface area contributed by atoms with E-state index in [1.165, 1.54) is 0 Å². The quantitative estimate of drug-likeness (QED) is 0.645. The Morgan fingerprint density at radius 1 is 1.04 bits per heavy atom. The van der Waals surface area contributed by atoms with Crippen LogP contribution >= 0.6 is 0 Å². The average Bonchev–Trinajstić information content (AvgIpc) is 2.93. The minimum absolute atomic E-state index is 0.212. The van der Waals surface area contributed by atoms with E-state index in [1.807, 2.05) is 49.4 Å². The predicted molar refractivity (Wildman–Crippen MR) is 107 cm³/mol. The van der Waals surface area contributed by atoms with E-state index in [9.17, 15) is 14.4 Å². The Kier molecular flexibility index (Phi) is 4.75. The zero-order valence-electron chi connectivity index (χ0n) is 16.0. The highest BCUT2D eigenvalue weighted by Gasteiger charge is 2.51. The molecule has 2 aromatic carbocycles. The second-order valence-electron chi connectivity index (χ2n) is 7.78. The van der Waals surface area contributed by atoms with Crippen LogP contribution in [0.3, 0.4) is 0 Å². The van der Waals surface area contributed by atoms with E-state index >= 15 is 0 Å².